The average Bonchev–Trinajstić information content (AvgIpc) is 2.64. The molecule has 1 fully saturated rings. The summed E-state index contributed by atoms with van der Waals surface area (Å²) in [7, 11) is 3.59. The summed E-state index contributed by atoms with van der Waals surface area (Å²) in [5.41, 5.74) is -0.0425. The lowest BCUT2D eigenvalue weighted by molar-refractivity contribution is 0.0710. The molecule has 25 heavy (non-hydrogen) atoms. The van der Waals surface area contributed by atoms with Gasteiger partial charge in [0, 0.05) is 39.4 Å². The van der Waals surface area contributed by atoms with E-state index in [1.165, 1.54) is 4.57 Å². The molecule has 7 nitrogen and oxygen atoms in total. The molecule has 0 spiro atoms. The molecule has 1 aliphatic rings. The topological polar surface area (TPSA) is 71.3 Å². The second-order valence-electron chi connectivity index (χ2n) is 6.17. The number of amides is 1. The van der Waals surface area contributed by atoms with Crippen molar-refractivity contribution >= 4 is 23.5 Å². The van der Waals surface area contributed by atoms with E-state index in [1.807, 2.05) is 11.9 Å². The maximum absolute atomic E-state index is 12.6. The van der Waals surface area contributed by atoms with E-state index in [0.717, 1.165) is 12.8 Å². The van der Waals surface area contributed by atoms with Gasteiger partial charge >= 0.3 is 0 Å². The van der Waals surface area contributed by atoms with E-state index in [9.17, 15) is 9.59 Å². The van der Waals surface area contributed by atoms with Crippen molar-refractivity contribution in [3.8, 4) is 0 Å². The van der Waals surface area contributed by atoms with Crippen molar-refractivity contribution in [1.82, 2.24) is 19.4 Å². The molecule has 8 heteroatoms. The number of anilines is 1. The Balaban J connectivity index is 1.65. The Hall–Kier alpha value is -2.41. The monoisotopic (exact) mass is 361 g/mol. The first kappa shape index (κ1) is 17.4. The van der Waals surface area contributed by atoms with E-state index in [2.05, 4.69) is 9.97 Å². The number of piperidine rings is 1. The molecule has 0 aromatic carbocycles. The molecule has 0 saturated carbocycles. The predicted octanol–water partition coefficient (Wildman–Crippen LogP) is 1.57. The Labute approximate surface area is 150 Å². The molecule has 0 bridgehead atoms. The number of hydrogen-bond acceptors (Lipinski definition) is 5. The van der Waals surface area contributed by atoms with Crippen molar-refractivity contribution in [2.75, 3.05) is 25.0 Å². The first-order chi connectivity index (χ1) is 12.0. The summed E-state index contributed by atoms with van der Waals surface area (Å²) in [4.78, 5) is 37.0. The van der Waals surface area contributed by atoms with Crippen LogP contribution in [0.1, 0.15) is 23.2 Å². The number of nitrogens with zero attached hydrogens (tertiary/aromatic N) is 5. The molecule has 0 unspecified atom stereocenters. The molecule has 3 rings (SSSR count). The van der Waals surface area contributed by atoms with Crippen LogP contribution in [0.2, 0.25) is 5.02 Å². The van der Waals surface area contributed by atoms with Crippen molar-refractivity contribution in [1.29, 1.82) is 0 Å². The third-order valence-electron chi connectivity index (χ3n) is 4.58. The summed E-state index contributed by atoms with van der Waals surface area (Å²) in [6.07, 6.45) is 6.38. The van der Waals surface area contributed by atoms with Crippen molar-refractivity contribution < 1.29 is 4.79 Å². The van der Waals surface area contributed by atoms with E-state index in [0.29, 0.717) is 24.1 Å². The van der Waals surface area contributed by atoms with Crippen molar-refractivity contribution in [2.24, 2.45) is 7.05 Å². The van der Waals surface area contributed by atoms with Crippen LogP contribution in [0, 0.1) is 0 Å². The number of pyridine rings is 1. The summed E-state index contributed by atoms with van der Waals surface area (Å²) < 4.78 is 1.42. The highest BCUT2D eigenvalue weighted by Crippen LogP contribution is 2.20. The van der Waals surface area contributed by atoms with Crippen LogP contribution < -0.4 is 10.5 Å². The predicted molar refractivity (Wildman–Crippen MR) is 96.1 cm³/mol. The van der Waals surface area contributed by atoms with Gasteiger partial charge in [0.15, 0.2) is 0 Å². The van der Waals surface area contributed by atoms with Gasteiger partial charge in [0.2, 0.25) is 5.95 Å². The fraction of sp³-hybridized carbons (Fsp3) is 0.412. The summed E-state index contributed by atoms with van der Waals surface area (Å²) >= 11 is 5.82. The molecule has 1 amide bonds. The minimum atomic E-state index is -0.263. The average molecular weight is 362 g/mol. The van der Waals surface area contributed by atoms with E-state index < -0.39 is 0 Å². The first-order valence-corrected chi connectivity index (χ1v) is 8.50. The molecule has 0 aliphatic carbocycles. The molecule has 2 aromatic rings. The van der Waals surface area contributed by atoms with Crippen molar-refractivity contribution in [2.45, 2.75) is 18.9 Å². The van der Waals surface area contributed by atoms with Gasteiger partial charge in [0.1, 0.15) is 5.56 Å². The van der Waals surface area contributed by atoms with Gasteiger partial charge in [-0.15, -0.1) is 0 Å². The van der Waals surface area contributed by atoms with Crippen LogP contribution in [0.15, 0.2) is 35.5 Å². The van der Waals surface area contributed by atoms with Gasteiger partial charge in [-0.3, -0.25) is 9.59 Å². The normalized spacial score (nSPS) is 15.2. The molecule has 132 valence electrons. The van der Waals surface area contributed by atoms with Gasteiger partial charge in [-0.25, -0.2) is 9.97 Å². The Kier molecular flexibility index (Phi) is 5.03. The van der Waals surface area contributed by atoms with E-state index >= 15 is 0 Å². The number of likely N-dealkylation sites (tertiary alicyclic amines) is 1. The quantitative estimate of drug-likeness (QED) is 0.829. The van der Waals surface area contributed by atoms with Crippen LogP contribution in [0.3, 0.4) is 0 Å². The molecular formula is C17H20ClN5O2. The molecule has 1 aliphatic heterocycles. The minimum absolute atomic E-state index is 0.204. The molecule has 1 saturated heterocycles. The third kappa shape index (κ3) is 3.66. The SMILES string of the molecule is CN(c1ncc(Cl)cn1)C1CCN(C(=O)c2cccn(C)c2=O)CC1. The second-order valence-corrected chi connectivity index (χ2v) is 6.61. The number of carbonyl (C=O) groups is 1. The Morgan fingerprint density at radius 1 is 1.28 bits per heavy atom. The van der Waals surface area contributed by atoms with Gasteiger partial charge in [-0.2, -0.15) is 0 Å². The molecule has 0 atom stereocenters. The van der Waals surface area contributed by atoms with Gasteiger partial charge in [0.05, 0.1) is 17.4 Å². The first-order valence-electron chi connectivity index (χ1n) is 8.12. The highest BCUT2D eigenvalue weighted by Gasteiger charge is 2.28. The van der Waals surface area contributed by atoms with Gasteiger partial charge in [-0.05, 0) is 25.0 Å². The smallest absolute Gasteiger partial charge is 0.263 e. The highest BCUT2D eigenvalue weighted by molar-refractivity contribution is 6.30. The number of halogens is 1. The Morgan fingerprint density at radius 3 is 2.56 bits per heavy atom. The summed E-state index contributed by atoms with van der Waals surface area (Å²) in [6.45, 7) is 1.19. The summed E-state index contributed by atoms with van der Waals surface area (Å²) in [5, 5.41) is 0.502. The molecule has 3 heterocycles. The fourth-order valence-corrected chi connectivity index (χ4v) is 3.14. The van der Waals surface area contributed by atoms with E-state index in [1.54, 1.807) is 42.7 Å². The number of hydrogen-bond donors (Lipinski definition) is 0. The van der Waals surface area contributed by atoms with Crippen LogP contribution in [-0.4, -0.2) is 51.5 Å². The molecule has 2 aromatic heterocycles. The minimum Gasteiger partial charge on any atom is -0.341 e. The lowest BCUT2D eigenvalue weighted by atomic mass is 10.0. The number of aromatic nitrogens is 3. The Morgan fingerprint density at radius 2 is 1.92 bits per heavy atom. The van der Waals surface area contributed by atoms with Crippen molar-refractivity contribution in [3.63, 3.8) is 0 Å². The highest BCUT2D eigenvalue weighted by atomic mass is 35.5. The maximum atomic E-state index is 12.6. The third-order valence-corrected chi connectivity index (χ3v) is 4.77. The second kappa shape index (κ2) is 7.23. The number of rotatable bonds is 3. The zero-order chi connectivity index (χ0) is 18.0. The zero-order valence-electron chi connectivity index (χ0n) is 14.2. The lowest BCUT2D eigenvalue weighted by Crippen LogP contribution is -2.47. The van der Waals surface area contributed by atoms with Gasteiger partial charge in [0.25, 0.3) is 11.5 Å². The van der Waals surface area contributed by atoms with Crippen LogP contribution in [-0.2, 0) is 7.05 Å². The zero-order valence-corrected chi connectivity index (χ0v) is 15.0. The Bertz CT molecular complexity index is 813. The van der Waals surface area contributed by atoms with Crippen LogP contribution in [0.25, 0.3) is 0 Å². The van der Waals surface area contributed by atoms with Gasteiger partial charge < -0.3 is 14.4 Å². The summed E-state index contributed by atoms with van der Waals surface area (Å²) in [6, 6.07) is 3.54. The van der Waals surface area contributed by atoms with Crippen LogP contribution in [0.5, 0.6) is 0 Å². The van der Waals surface area contributed by atoms with E-state index in [-0.39, 0.29) is 23.1 Å². The lowest BCUT2D eigenvalue weighted by Gasteiger charge is -2.36. The van der Waals surface area contributed by atoms with E-state index in [4.69, 9.17) is 11.6 Å². The van der Waals surface area contributed by atoms with Gasteiger partial charge in [-0.1, -0.05) is 11.6 Å². The molecular weight excluding hydrogens is 342 g/mol. The number of carbonyl (C=O) groups excluding carboxylic acids is 1. The van der Waals surface area contributed by atoms with Crippen LogP contribution >= 0.6 is 11.6 Å². The van der Waals surface area contributed by atoms with Crippen molar-refractivity contribution in [3.05, 3.63) is 51.7 Å². The van der Waals surface area contributed by atoms with Crippen LogP contribution in [0.4, 0.5) is 5.95 Å². The molecule has 0 N–H and O–H groups in total. The number of aryl methyl sites for hydroxylation is 1. The standard InChI is InChI=1S/C17H20ClN5O2/c1-21-7-3-4-14(15(21)24)16(25)23-8-5-13(6-9-23)22(2)17-19-10-12(18)11-20-17/h3-4,7,10-11,13H,5-6,8-9H2,1-2H3. The molecule has 0 radical (unpaired) electrons. The maximum Gasteiger partial charge on any atom is 0.263 e. The summed E-state index contributed by atoms with van der Waals surface area (Å²) in [5.74, 6) is 0.413. The largest absolute Gasteiger partial charge is 0.341 e. The fourth-order valence-electron chi connectivity index (χ4n) is 3.04.